The Hall–Kier alpha value is -7.75. The summed E-state index contributed by atoms with van der Waals surface area (Å²) in [6, 6.07) is 32.1. The van der Waals surface area contributed by atoms with Gasteiger partial charge in [-0.25, -0.2) is 24.0 Å². The minimum atomic E-state index is -3.09. The van der Waals surface area contributed by atoms with Gasteiger partial charge in [0.2, 0.25) is 11.7 Å². The van der Waals surface area contributed by atoms with E-state index in [1.54, 1.807) is 66.7 Å². The molecule has 302 valence electrons. The Morgan fingerprint density at radius 2 is 1.10 bits per heavy atom. The highest BCUT2D eigenvalue weighted by molar-refractivity contribution is 6.10. The van der Waals surface area contributed by atoms with Crippen LogP contribution in [0.3, 0.4) is 0 Å². The van der Waals surface area contributed by atoms with Gasteiger partial charge in [-0.15, -0.1) is 0 Å². The Balaban J connectivity index is 1.61. The highest BCUT2D eigenvalue weighted by Crippen LogP contribution is 2.38. The SMILES string of the molecule is CC(C)(C)OC(=O)C(OC(=O)c1ccc([N+](=O)[O-])c(C(=O)OC(C(=O)OCc2ccccc2)c2ccccc2)c1[N+](=O)[O-])(C(=O)OCc1ccccc1)c1ccccc1. The van der Waals surface area contributed by atoms with E-state index in [9.17, 15) is 44.2 Å². The number of benzene rings is 5. The molecule has 0 saturated heterocycles. The number of nitro benzene ring substituents is 2. The fourth-order valence-electron chi connectivity index (χ4n) is 5.64. The van der Waals surface area contributed by atoms with E-state index in [-0.39, 0.29) is 17.7 Å². The molecule has 5 aromatic carbocycles. The van der Waals surface area contributed by atoms with Gasteiger partial charge in [-0.05, 0) is 38.0 Å². The number of carbonyl (C=O) groups excluding carboxylic acids is 5. The van der Waals surface area contributed by atoms with Crippen molar-refractivity contribution in [2.24, 2.45) is 0 Å². The van der Waals surface area contributed by atoms with Crippen molar-refractivity contribution in [1.82, 2.24) is 0 Å². The maximum absolute atomic E-state index is 14.3. The van der Waals surface area contributed by atoms with Crippen LogP contribution in [-0.2, 0) is 56.9 Å². The van der Waals surface area contributed by atoms with Gasteiger partial charge < -0.3 is 23.7 Å². The van der Waals surface area contributed by atoms with E-state index >= 15 is 0 Å². The van der Waals surface area contributed by atoms with Crippen molar-refractivity contribution in [3.8, 4) is 0 Å². The van der Waals surface area contributed by atoms with Crippen LogP contribution in [-0.4, -0.2) is 45.3 Å². The first-order chi connectivity index (χ1) is 28.1. The van der Waals surface area contributed by atoms with Crippen LogP contribution in [0.15, 0.2) is 133 Å². The number of rotatable bonds is 15. The van der Waals surface area contributed by atoms with Crippen LogP contribution in [0.1, 0.15) is 69.8 Å². The van der Waals surface area contributed by atoms with Gasteiger partial charge in [0.15, 0.2) is 0 Å². The summed E-state index contributed by atoms with van der Waals surface area (Å²) in [7, 11) is 0. The average Bonchev–Trinajstić information content (AvgIpc) is 3.22. The third-order valence-electron chi connectivity index (χ3n) is 8.34. The third kappa shape index (κ3) is 10.2. The van der Waals surface area contributed by atoms with Gasteiger partial charge in [0.1, 0.15) is 24.4 Å². The van der Waals surface area contributed by atoms with Gasteiger partial charge in [0, 0.05) is 17.2 Å². The summed E-state index contributed by atoms with van der Waals surface area (Å²) < 4.78 is 27.6. The van der Waals surface area contributed by atoms with Crippen molar-refractivity contribution in [3.63, 3.8) is 0 Å². The van der Waals surface area contributed by atoms with Crippen LogP contribution < -0.4 is 0 Å². The van der Waals surface area contributed by atoms with E-state index in [4.69, 9.17) is 23.7 Å². The second kappa shape index (κ2) is 18.5. The summed E-state index contributed by atoms with van der Waals surface area (Å²) in [5.74, 6) is -7.58. The van der Waals surface area contributed by atoms with Crippen molar-refractivity contribution in [2.75, 3.05) is 0 Å². The number of esters is 5. The molecule has 0 saturated carbocycles. The summed E-state index contributed by atoms with van der Waals surface area (Å²) in [6.07, 6.45) is -1.90. The number of carbonyl (C=O) groups is 5. The van der Waals surface area contributed by atoms with Gasteiger partial charge in [0.05, 0.1) is 9.85 Å². The molecule has 59 heavy (non-hydrogen) atoms. The number of nitrogens with zero attached hydrogens (tertiary/aromatic N) is 2. The lowest BCUT2D eigenvalue weighted by atomic mass is 9.92. The Bertz CT molecular complexity index is 2350. The van der Waals surface area contributed by atoms with Crippen molar-refractivity contribution in [2.45, 2.75) is 51.3 Å². The molecule has 0 aromatic heterocycles. The zero-order valence-electron chi connectivity index (χ0n) is 31.8. The molecule has 16 heteroatoms. The molecule has 5 rings (SSSR count). The Morgan fingerprint density at radius 1 is 0.593 bits per heavy atom. The Kier molecular flexibility index (Phi) is 13.3. The number of hydrogen-bond acceptors (Lipinski definition) is 14. The largest absolute Gasteiger partial charge is 0.458 e. The molecule has 0 N–H and O–H groups in total. The summed E-state index contributed by atoms with van der Waals surface area (Å²) in [6.45, 7) is 3.72. The van der Waals surface area contributed by atoms with Crippen LogP contribution in [0.4, 0.5) is 11.4 Å². The smallest absolute Gasteiger partial charge is 0.368 e. The highest BCUT2D eigenvalue weighted by atomic mass is 16.7. The van der Waals surface area contributed by atoms with E-state index in [1.165, 1.54) is 75.4 Å². The van der Waals surface area contributed by atoms with Crippen molar-refractivity contribution in [1.29, 1.82) is 0 Å². The normalized spacial score (nSPS) is 12.5. The Labute approximate surface area is 336 Å². The molecule has 0 spiro atoms. The quantitative estimate of drug-likeness (QED) is 0.0334. The van der Waals surface area contributed by atoms with Crippen LogP contribution in [0.25, 0.3) is 0 Å². The average molecular weight is 805 g/mol. The van der Waals surface area contributed by atoms with Crippen LogP contribution in [0.5, 0.6) is 0 Å². The number of nitro groups is 2. The molecular weight excluding hydrogens is 768 g/mol. The zero-order chi connectivity index (χ0) is 42.7. The maximum atomic E-state index is 14.3. The number of ether oxygens (including phenoxy) is 5. The fourth-order valence-corrected chi connectivity index (χ4v) is 5.64. The number of hydrogen-bond donors (Lipinski definition) is 0. The molecule has 2 atom stereocenters. The first kappa shape index (κ1) is 42.4. The molecule has 0 aliphatic heterocycles. The van der Waals surface area contributed by atoms with Gasteiger partial charge in [0.25, 0.3) is 5.69 Å². The van der Waals surface area contributed by atoms with Gasteiger partial charge in [-0.2, -0.15) is 0 Å². The lowest BCUT2D eigenvalue weighted by Gasteiger charge is -2.32. The van der Waals surface area contributed by atoms with E-state index < -0.39 is 86.1 Å². The van der Waals surface area contributed by atoms with E-state index in [0.717, 1.165) is 0 Å². The van der Waals surface area contributed by atoms with E-state index in [0.29, 0.717) is 23.3 Å². The minimum Gasteiger partial charge on any atom is -0.458 e. The van der Waals surface area contributed by atoms with Gasteiger partial charge in [-0.3, -0.25) is 20.2 Å². The van der Waals surface area contributed by atoms with Crippen LogP contribution >= 0.6 is 0 Å². The molecule has 5 aromatic rings. The topological polar surface area (TPSA) is 218 Å². The molecule has 16 nitrogen and oxygen atoms in total. The minimum absolute atomic E-state index is 0.0406. The summed E-state index contributed by atoms with van der Waals surface area (Å²) in [5, 5.41) is 25.1. The van der Waals surface area contributed by atoms with Crippen molar-refractivity contribution in [3.05, 3.63) is 187 Å². The molecule has 0 aliphatic carbocycles. The molecule has 0 amide bonds. The van der Waals surface area contributed by atoms with Crippen molar-refractivity contribution < 1.29 is 57.5 Å². The second-order valence-corrected chi connectivity index (χ2v) is 13.7. The molecule has 0 aliphatic rings. The standard InChI is InChI=1S/C43H36N2O14/c1-42(2,3)59-41(50)43(31-22-14-7-15-23-31,40(49)56-27-29-18-10-5-11-19-29)58-37(46)32-24-25-33(44(51)52)34(35(32)45(53)54)38(47)57-36(30-20-12-6-13-21-30)39(48)55-26-28-16-8-4-9-17-28/h4-25,36H,26-27H2,1-3H3. The predicted octanol–water partition coefficient (Wildman–Crippen LogP) is 7.28. The monoisotopic (exact) mass is 804 g/mol. The van der Waals surface area contributed by atoms with Crippen LogP contribution in [0, 0.1) is 20.2 Å². The van der Waals surface area contributed by atoms with E-state index in [1.807, 2.05) is 0 Å². The van der Waals surface area contributed by atoms with E-state index in [2.05, 4.69) is 0 Å². The summed E-state index contributed by atoms with van der Waals surface area (Å²) >= 11 is 0. The van der Waals surface area contributed by atoms with Gasteiger partial charge in [-0.1, -0.05) is 121 Å². The molecule has 0 heterocycles. The lowest BCUT2D eigenvalue weighted by molar-refractivity contribution is -0.395. The highest BCUT2D eigenvalue weighted by Gasteiger charge is 2.57. The molecule has 2 unspecified atom stereocenters. The van der Waals surface area contributed by atoms with Crippen LogP contribution in [0.2, 0.25) is 0 Å². The van der Waals surface area contributed by atoms with Crippen molar-refractivity contribution >= 4 is 41.2 Å². The molecule has 0 fully saturated rings. The fraction of sp³-hybridized carbons (Fsp3) is 0.186. The molecular formula is C43H36N2O14. The first-order valence-electron chi connectivity index (χ1n) is 17.8. The second-order valence-electron chi connectivity index (χ2n) is 13.7. The zero-order valence-corrected chi connectivity index (χ0v) is 31.8. The van der Waals surface area contributed by atoms with Gasteiger partial charge >= 0.3 is 41.1 Å². The third-order valence-corrected chi connectivity index (χ3v) is 8.34. The molecule has 0 bridgehead atoms. The lowest BCUT2D eigenvalue weighted by Crippen LogP contribution is -2.51. The summed E-state index contributed by atoms with van der Waals surface area (Å²) in [5.41, 5.74) is -8.74. The first-order valence-corrected chi connectivity index (χ1v) is 17.8. The Morgan fingerprint density at radius 3 is 1.61 bits per heavy atom. The molecule has 0 radical (unpaired) electrons. The maximum Gasteiger partial charge on any atom is 0.368 e. The predicted molar refractivity (Wildman–Crippen MR) is 206 cm³/mol. The summed E-state index contributed by atoms with van der Waals surface area (Å²) in [4.78, 5) is 92.8.